The molecule has 19 heavy (non-hydrogen) atoms. The Morgan fingerprint density at radius 2 is 1.74 bits per heavy atom. The zero-order chi connectivity index (χ0) is 14.2. The van der Waals surface area contributed by atoms with Crippen molar-refractivity contribution < 1.29 is 18.3 Å². The minimum atomic E-state index is -1.24. The van der Waals surface area contributed by atoms with Gasteiger partial charge in [0.1, 0.15) is 11.9 Å². The second kappa shape index (κ2) is 5.35. The molecule has 0 saturated heterocycles. The predicted molar refractivity (Wildman–Crippen MR) is 69.3 cm³/mol. The zero-order valence-electron chi connectivity index (χ0n) is 9.92. The van der Waals surface area contributed by atoms with Gasteiger partial charge in [0.2, 0.25) is 0 Å². The molecular weight excluding hydrogens is 321 g/mol. The smallest absolute Gasteiger partial charge is 0.173 e. The molecule has 1 unspecified atom stereocenters. The summed E-state index contributed by atoms with van der Waals surface area (Å²) in [6.07, 6.45) is -1.24. The zero-order valence-corrected chi connectivity index (χ0v) is 11.5. The molecule has 0 radical (unpaired) electrons. The highest BCUT2D eigenvalue weighted by Crippen LogP contribution is 2.32. The summed E-state index contributed by atoms with van der Waals surface area (Å²) < 4.78 is 39.7. The van der Waals surface area contributed by atoms with Crippen molar-refractivity contribution in [1.29, 1.82) is 0 Å². The first-order chi connectivity index (χ1) is 8.91. The maximum atomic E-state index is 13.4. The van der Waals surface area contributed by atoms with E-state index in [1.165, 1.54) is 24.3 Å². The van der Waals surface area contributed by atoms with Gasteiger partial charge in [0.05, 0.1) is 4.47 Å². The quantitative estimate of drug-likeness (QED) is 0.816. The maximum absolute atomic E-state index is 13.4. The molecule has 2 rings (SSSR count). The van der Waals surface area contributed by atoms with Gasteiger partial charge in [0.15, 0.2) is 11.6 Å². The van der Waals surface area contributed by atoms with E-state index in [4.69, 9.17) is 0 Å². The van der Waals surface area contributed by atoms with E-state index in [0.717, 1.165) is 6.07 Å². The molecule has 1 atom stereocenters. The summed E-state index contributed by atoms with van der Waals surface area (Å²) in [5, 5.41) is 10.1. The molecule has 5 heteroatoms. The van der Waals surface area contributed by atoms with E-state index in [2.05, 4.69) is 15.9 Å². The minimum absolute atomic E-state index is 0.141. The summed E-state index contributed by atoms with van der Waals surface area (Å²) in [4.78, 5) is 0. The lowest BCUT2D eigenvalue weighted by Crippen LogP contribution is -2.04. The first-order valence-corrected chi connectivity index (χ1v) is 6.28. The van der Waals surface area contributed by atoms with Crippen molar-refractivity contribution in [2.24, 2.45) is 0 Å². The fraction of sp³-hybridized carbons (Fsp3) is 0.143. The Bertz CT molecular complexity index is 628. The van der Waals surface area contributed by atoms with Crippen molar-refractivity contribution in [2.75, 3.05) is 0 Å². The number of aryl methyl sites for hydroxylation is 1. The first kappa shape index (κ1) is 14.1. The van der Waals surface area contributed by atoms with Crippen LogP contribution in [0.15, 0.2) is 34.8 Å². The normalized spacial score (nSPS) is 12.5. The molecule has 0 amide bonds. The van der Waals surface area contributed by atoms with Crippen LogP contribution < -0.4 is 0 Å². The highest BCUT2D eigenvalue weighted by Gasteiger charge is 2.19. The number of hydrogen-bond acceptors (Lipinski definition) is 1. The lowest BCUT2D eigenvalue weighted by molar-refractivity contribution is 0.218. The fourth-order valence-electron chi connectivity index (χ4n) is 1.71. The lowest BCUT2D eigenvalue weighted by atomic mass is 10.00. The van der Waals surface area contributed by atoms with Crippen LogP contribution in [0.5, 0.6) is 0 Å². The predicted octanol–water partition coefficient (Wildman–Crippen LogP) is 4.26. The monoisotopic (exact) mass is 330 g/mol. The van der Waals surface area contributed by atoms with Gasteiger partial charge < -0.3 is 5.11 Å². The molecule has 0 saturated carbocycles. The Hall–Kier alpha value is -1.33. The minimum Gasteiger partial charge on any atom is -0.384 e. The molecule has 0 aromatic heterocycles. The van der Waals surface area contributed by atoms with Gasteiger partial charge in [-0.2, -0.15) is 0 Å². The SMILES string of the molecule is Cc1ccc(C(O)c2ccc(F)c(F)c2Br)cc1F. The Morgan fingerprint density at radius 1 is 1.05 bits per heavy atom. The Labute approximate surface area is 116 Å². The van der Waals surface area contributed by atoms with Gasteiger partial charge in [-0.3, -0.25) is 0 Å². The average Bonchev–Trinajstić information content (AvgIpc) is 2.39. The van der Waals surface area contributed by atoms with E-state index >= 15 is 0 Å². The van der Waals surface area contributed by atoms with Gasteiger partial charge in [0, 0.05) is 5.56 Å². The number of benzene rings is 2. The Kier molecular flexibility index (Phi) is 3.96. The standard InChI is InChI=1S/C14H10BrF3O/c1-7-2-3-8(6-11(7)17)14(19)9-4-5-10(16)13(18)12(9)15/h2-6,14,19H,1H3. The van der Waals surface area contributed by atoms with E-state index in [1.807, 2.05) is 0 Å². The molecule has 0 heterocycles. The molecule has 0 aliphatic heterocycles. The number of rotatable bonds is 2. The topological polar surface area (TPSA) is 20.2 Å². The van der Waals surface area contributed by atoms with Gasteiger partial charge in [-0.15, -0.1) is 0 Å². The van der Waals surface area contributed by atoms with Crippen LogP contribution in [0.4, 0.5) is 13.2 Å². The molecule has 0 aliphatic rings. The molecule has 0 spiro atoms. The Morgan fingerprint density at radius 3 is 2.37 bits per heavy atom. The number of halogens is 4. The highest BCUT2D eigenvalue weighted by molar-refractivity contribution is 9.10. The van der Waals surface area contributed by atoms with Crippen molar-refractivity contribution in [1.82, 2.24) is 0 Å². The second-order valence-electron chi connectivity index (χ2n) is 4.18. The summed E-state index contributed by atoms with van der Waals surface area (Å²) >= 11 is 2.89. The van der Waals surface area contributed by atoms with Crippen LogP contribution in [0, 0.1) is 24.4 Å². The van der Waals surface area contributed by atoms with Crippen LogP contribution in [0.25, 0.3) is 0 Å². The molecule has 100 valence electrons. The second-order valence-corrected chi connectivity index (χ2v) is 4.97. The molecule has 2 aromatic carbocycles. The van der Waals surface area contributed by atoms with E-state index in [9.17, 15) is 18.3 Å². The molecule has 0 bridgehead atoms. The first-order valence-electron chi connectivity index (χ1n) is 5.49. The van der Waals surface area contributed by atoms with E-state index in [0.29, 0.717) is 5.56 Å². The maximum Gasteiger partial charge on any atom is 0.173 e. The molecule has 0 aliphatic carbocycles. The number of aliphatic hydroxyl groups excluding tert-OH is 1. The van der Waals surface area contributed by atoms with Crippen LogP contribution in [-0.2, 0) is 0 Å². The van der Waals surface area contributed by atoms with E-state index < -0.39 is 23.6 Å². The van der Waals surface area contributed by atoms with Crippen LogP contribution in [0.3, 0.4) is 0 Å². The van der Waals surface area contributed by atoms with Gasteiger partial charge in [-0.1, -0.05) is 18.2 Å². The summed E-state index contributed by atoms with van der Waals surface area (Å²) in [5.74, 6) is -2.56. The van der Waals surface area contributed by atoms with Crippen molar-refractivity contribution in [3.63, 3.8) is 0 Å². The summed E-state index contributed by atoms with van der Waals surface area (Å²) in [5.41, 5.74) is 0.859. The fourth-order valence-corrected chi connectivity index (χ4v) is 2.25. The van der Waals surface area contributed by atoms with Crippen molar-refractivity contribution in [3.05, 3.63) is 68.9 Å². The largest absolute Gasteiger partial charge is 0.384 e. The van der Waals surface area contributed by atoms with Crippen LogP contribution >= 0.6 is 15.9 Å². The van der Waals surface area contributed by atoms with E-state index in [1.54, 1.807) is 6.92 Å². The van der Waals surface area contributed by atoms with Crippen molar-refractivity contribution in [2.45, 2.75) is 13.0 Å². The molecule has 0 fully saturated rings. The van der Waals surface area contributed by atoms with Crippen molar-refractivity contribution >= 4 is 15.9 Å². The number of hydrogen-bond donors (Lipinski definition) is 1. The van der Waals surface area contributed by atoms with Crippen LogP contribution in [0.2, 0.25) is 0 Å². The molecular formula is C14H10BrF3O. The molecule has 1 N–H and O–H groups in total. The highest BCUT2D eigenvalue weighted by atomic mass is 79.9. The molecule has 2 aromatic rings. The van der Waals surface area contributed by atoms with Gasteiger partial charge in [-0.05, 0) is 46.1 Å². The molecule has 1 nitrogen and oxygen atoms in total. The third-order valence-corrected chi connectivity index (χ3v) is 3.68. The Balaban J connectivity index is 2.47. The summed E-state index contributed by atoms with van der Waals surface area (Å²) in [7, 11) is 0. The summed E-state index contributed by atoms with van der Waals surface area (Å²) in [6.45, 7) is 1.60. The van der Waals surface area contributed by atoms with E-state index in [-0.39, 0.29) is 15.6 Å². The lowest BCUT2D eigenvalue weighted by Gasteiger charge is -2.14. The summed E-state index contributed by atoms with van der Waals surface area (Å²) in [6, 6.07) is 6.40. The van der Waals surface area contributed by atoms with Crippen molar-refractivity contribution in [3.8, 4) is 0 Å². The van der Waals surface area contributed by atoms with Gasteiger partial charge in [-0.25, -0.2) is 13.2 Å². The van der Waals surface area contributed by atoms with Gasteiger partial charge in [0.25, 0.3) is 0 Å². The van der Waals surface area contributed by atoms with Gasteiger partial charge >= 0.3 is 0 Å². The van der Waals surface area contributed by atoms with Crippen LogP contribution in [0.1, 0.15) is 22.8 Å². The third kappa shape index (κ3) is 2.67. The third-order valence-electron chi connectivity index (χ3n) is 2.87. The van der Waals surface area contributed by atoms with Crippen LogP contribution in [-0.4, -0.2) is 5.11 Å². The number of aliphatic hydroxyl groups is 1. The average molecular weight is 331 g/mol.